The van der Waals surface area contributed by atoms with Crippen molar-refractivity contribution in [3.8, 4) is 0 Å². The summed E-state index contributed by atoms with van der Waals surface area (Å²) in [7, 11) is 0. The summed E-state index contributed by atoms with van der Waals surface area (Å²) in [5, 5.41) is 0. The van der Waals surface area contributed by atoms with Gasteiger partial charge in [-0.25, -0.2) is 4.79 Å². The van der Waals surface area contributed by atoms with E-state index >= 15 is 0 Å². The van der Waals surface area contributed by atoms with Crippen LogP contribution in [0, 0.1) is 0 Å². The monoisotopic (exact) mass is 522 g/mol. The lowest BCUT2D eigenvalue weighted by molar-refractivity contribution is -0.211. The number of allylic oxidation sites excluding steroid dienone is 2. The topological polar surface area (TPSA) is 26.3 Å². The lowest BCUT2D eigenvalue weighted by atomic mass is 10.1. The molecule has 32 heavy (non-hydrogen) atoms. The Morgan fingerprint density at radius 2 is 1.19 bits per heavy atom. The van der Waals surface area contributed by atoms with Crippen molar-refractivity contribution in [3.63, 3.8) is 0 Å². The molecule has 1 unspecified atom stereocenters. The van der Waals surface area contributed by atoms with Crippen LogP contribution < -0.4 is 0 Å². The van der Waals surface area contributed by atoms with Crippen LogP contribution in [-0.2, 0) is 4.74 Å². The Balaban J connectivity index is 2.62. The van der Waals surface area contributed by atoms with Crippen molar-refractivity contribution >= 4 is 29.5 Å². The molecule has 0 saturated carbocycles. The fourth-order valence-electron chi connectivity index (χ4n) is 2.19. The molecule has 0 aromatic heterocycles. The number of halogens is 12. The molecule has 2 rings (SSSR count). The molecule has 0 saturated heterocycles. The molecule has 1 aliphatic rings. The van der Waals surface area contributed by atoms with Crippen molar-refractivity contribution in [2.45, 2.75) is 30.8 Å². The normalized spacial score (nSPS) is 16.9. The summed E-state index contributed by atoms with van der Waals surface area (Å²) in [5.74, 6) is -1.93. The zero-order valence-electron chi connectivity index (χ0n) is 14.6. The van der Waals surface area contributed by atoms with Crippen molar-refractivity contribution in [2.24, 2.45) is 0 Å². The minimum Gasteiger partial charge on any atom is -0.444 e. The summed E-state index contributed by atoms with van der Waals surface area (Å²) in [4.78, 5) is 6.76. The molecule has 2 nitrogen and oxygen atoms in total. The van der Waals surface area contributed by atoms with Gasteiger partial charge >= 0.3 is 30.7 Å². The minimum absolute atomic E-state index is 0.634. The van der Waals surface area contributed by atoms with Crippen molar-refractivity contribution in [1.82, 2.24) is 0 Å². The van der Waals surface area contributed by atoms with Gasteiger partial charge in [-0.2, -0.15) is 52.7 Å². The van der Waals surface area contributed by atoms with Crippen LogP contribution in [0.5, 0.6) is 0 Å². The van der Waals surface area contributed by atoms with Gasteiger partial charge in [-0.1, -0.05) is 41.7 Å². The van der Waals surface area contributed by atoms with E-state index in [1.54, 1.807) is 0 Å². The van der Waals surface area contributed by atoms with E-state index in [0.29, 0.717) is 0 Å². The second kappa shape index (κ2) is 8.76. The van der Waals surface area contributed by atoms with E-state index < -0.39 is 85.5 Å². The van der Waals surface area contributed by atoms with Gasteiger partial charge in [0.15, 0.2) is 0 Å². The number of ether oxygens (including phenoxy) is 1. The first-order valence-corrected chi connectivity index (χ1v) is 9.35. The van der Waals surface area contributed by atoms with Crippen LogP contribution >= 0.6 is 23.5 Å². The molecular formula is C16H6F12O2S2. The fourth-order valence-corrected chi connectivity index (χ4v) is 4.79. The number of rotatable bonds is 3. The van der Waals surface area contributed by atoms with Crippen LogP contribution in [0.25, 0.3) is 0 Å². The summed E-state index contributed by atoms with van der Waals surface area (Å²) >= 11 is -2.36. The first-order chi connectivity index (χ1) is 14.3. The summed E-state index contributed by atoms with van der Waals surface area (Å²) in [5.41, 5.74) is -3.55. The van der Waals surface area contributed by atoms with E-state index in [1.165, 1.54) is 6.07 Å². The summed E-state index contributed by atoms with van der Waals surface area (Å²) in [6.45, 7) is 0. The molecule has 0 bridgehead atoms. The first kappa shape index (κ1) is 26.3. The minimum atomic E-state index is -6.11. The standard InChI is InChI=1S/C16H6F12O2S2/c17-13(18,19)7(12-31-9(15(23,24)25)10(32-12)16(26,27)28)8(14(20,21)22)30-11(29)6-4-2-1-3-5-6/h1-5,8H. The van der Waals surface area contributed by atoms with E-state index in [-0.39, 0.29) is 0 Å². The maximum atomic E-state index is 13.5. The lowest BCUT2D eigenvalue weighted by Gasteiger charge is -2.26. The van der Waals surface area contributed by atoms with E-state index in [9.17, 15) is 57.5 Å². The number of carbonyl (C=O) groups excluding carboxylic acids is 1. The first-order valence-electron chi connectivity index (χ1n) is 7.72. The Labute approximate surface area is 178 Å². The summed E-state index contributed by atoms with van der Waals surface area (Å²) < 4.78 is 160. The Morgan fingerprint density at radius 1 is 0.750 bits per heavy atom. The maximum absolute atomic E-state index is 13.5. The van der Waals surface area contributed by atoms with Crippen LogP contribution in [0.3, 0.4) is 0 Å². The van der Waals surface area contributed by atoms with E-state index in [1.807, 2.05) is 0 Å². The lowest BCUT2D eigenvalue weighted by Crippen LogP contribution is -2.40. The number of hydrogen-bond donors (Lipinski definition) is 0. The molecule has 1 aromatic rings. The van der Waals surface area contributed by atoms with Crippen LogP contribution in [-0.4, -0.2) is 36.8 Å². The van der Waals surface area contributed by atoms with E-state index in [4.69, 9.17) is 0 Å². The summed E-state index contributed by atoms with van der Waals surface area (Å²) in [6.07, 6.45) is -27.9. The van der Waals surface area contributed by atoms with Gasteiger partial charge in [0.1, 0.15) is 15.4 Å². The van der Waals surface area contributed by atoms with Gasteiger partial charge in [0.05, 0.1) is 9.80 Å². The van der Waals surface area contributed by atoms with E-state index in [0.717, 1.165) is 24.3 Å². The van der Waals surface area contributed by atoms with Crippen LogP contribution in [0.1, 0.15) is 10.4 Å². The van der Waals surface area contributed by atoms with Crippen LogP contribution in [0.15, 0.2) is 50.0 Å². The zero-order chi connectivity index (χ0) is 24.7. The van der Waals surface area contributed by atoms with Crippen molar-refractivity contribution in [2.75, 3.05) is 0 Å². The van der Waals surface area contributed by atoms with Crippen molar-refractivity contribution < 1.29 is 62.2 Å². The fraction of sp³-hybridized carbons (Fsp3) is 0.312. The molecule has 1 heterocycles. The van der Waals surface area contributed by atoms with Gasteiger partial charge in [0.2, 0.25) is 6.10 Å². The Bertz CT molecular complexity index is 896. The Kier molecular flexibility index (Phi) is 7.19. The average molecular weight is 522 g/mol. The van der Waals surface area contributed by atoms with Crippen LogP contribution in [0.4, 0.5) is 52.7 Å². The molecule has 1 aliphatic heterocycles. The predicted octanol–water partition coefficient (Wildman–Crippen LogP) is 7.36. The molecule has 0 radical (unpaired) electrons. The highest BCUT2D eigenvalue weighted by Gasteiger charge is 2.59. The third-order valence-electron chi connectivity index (χ3n) is 3.43. The molecule has 0 N–H and O–H groups in total. The highest BCUT2D eigenvalue weighted by Crippen LogP contribution is 2.62. The number of carbonyl (C=O) groups is 1. The maximum Gasteiger partial charge on any atom is 0.429 e. The number of thioether (sulfide) groups is 2. The molecule has 1 atom stereocenters. The number of esters is 1. The predicted molar refractivity (Wildman–Crippen MR) is 89.1 cm³/mol. The molecule has 16 heteroatoms. The molecule has 1 aromatic carbocycles. The van der Waals surface area contributed by atoms with Crippen molar-refractivity contribution in [1.29, 1.82) is 0 Å². The summed E-state index contributed by atoms with van der Waals surface area (Å²) in [6, 6.07) is 5.30. The highest BCUT2D eigenvalue weighted by molar-refractivity contribution is 8.28. The van der Waals surface area contributed by atoms with Gasteiger partial charge in [-0.15, -0.1) is 0 Å². The second-order valence-electron chi connectivity index (χ2n) is 5.75. The third-order valence-corrected chi connectivity index (χ3v) is 6.15. The molecule has 178 valence electrons. The van der Waals surface area contributed by atoms with Gasteiger partial charge in [-0.3, -0.25) is 0 Å². The molecular weight excluding hydrogens is 516 g/mol. The Morgan fingerprint density at radius 3 is 1.53 bits per heavy atom. The largest absolute Gasteiger partial charge is 0.444 e. The van der Waals surface area contributed by atoms with Crippen molar-refractivity contribution in [3.05, 3.63) is 55.5 Å². The molecule has 0 aliphatic carbocycles. The molecule has 0 fully saturated rings. The second-order valence-corrected chi connectivity index (χ2v) is 8.05. The van der Waals surface area contributed by atoms with E-state index in [2.05, 4.69) is 4.74 Å². The smallest absolute Gasteiger partial charge is 0.429 e. The van der Waals surface area contributed by atoms with Gasteiger partial charge in [0, 0.05) is 0 Å². The number of alkyl halides is 12. The quantitative estimate of drug-likeness (QED) is 0.306. The number of benzene rings is 1. The number of hydrogen-bond acceptors (Lipinski definition) is 4. The van der Waals surface area contributed by atoms with Gasteiger partial charge in [0.25, 0.3) is 0 Å². The molecule has 0 amide bonds. The zero-order valence-corrected chi connectivity index (χ0v) is 16.3. The third kappa shape index (κ3) is 6.08. The Hall–Kier alpha value is -1.97. The highest BCUT2D eigenvalue weighted by atomic mass is 32.2. The average Bonchev–Trinajstić information content (AvgIpc) is 3.05. The SMILES string of the molecule is O=C(OC(C(=C1SC(C(F)(F)F)=C(C(F)(F)F)S1)C(F)(F)F)C(F)(F)F)c1ccccc1. The molecule has 0 spiro atoms. The van der Waals surface area contributed by atoms with Gasteiger partial charge < -0.3 is 4.74 Å². The van der Waals surface area contributed by atoms with Crippen LogP contribution in [0.2, 0.25) is 0 Å². The van der Waals surface area contributed by atoms with Gasteiger partial charge in [-0.05, 0) is 12.1 Å².